The Bertz CT molecular complexity index is 1210. The fourth-order valence-corrected chi connectivity index (χ4v) is 3.66. The van der Waals surface area contributed by atoms with Crippen LogP contribution in [0.4, 0.5) is 4.39 Å². The molecule has 5 nitrogen and oxygen atoms in total. The topological polar surface area (TPSA) is 74.0 Å². The Morgan fingerprint density at radius 1 is 1.03 bits per heavy atom. The second-order valence-electron chi connectivity index (χ2n) is 7.66. The van der Waals surface area contributed by atoms with Crippen molar-refractivity contribution in [2.45, 2.75) is 12.5 Å². The zero-order chi connectivity index (χ0) is 23.2. The van der Waals surface area contributed by atoms with Gasteiger partial charge in [0.05, 0.1) is 30.3 Å². The van der Waals surface area contributed by atoms with Crippen LogP contribution >= 0.6 is 9.24 Å². The molecule has 0 aromatic heterocycles. The number of nitrogens with zero attached hydrogens (tertiary/aromatic N) is 2. The van der Waals surface area contributed by atoms with E-state index < -0.39 is 12.0 Å². The summed E-state index contributed by atoms with van der Waals surface area (Å²) in [5.74, 6) is -1.05. The van der Waals surface area contributed by atoms with E-state index in [1.54, 1.807) is 24.5 Å². The van der Waals surface area contributed by atoms with Gasteiger partial charge in [0.25, 0.3) is 0 Å². The van der Waals surface area contributed by atoms with Gasteiger partial charge in [-0.2, -0.15) is 0 Å². The van der Waals surface area contributed by atoms with Crippen LogP contribution in [0.1, 0.15) is 22.8 Å². The van der Waals surface area contributed by atoms with Gasteiger partial charge in [0, 0.05) is 11.8 Å². The third-order valence-electron chi connectivity index (χ3n) is 5.25. The van der Waals surface area contributed by atoms with Crippen molar-refractivity contribution in [3.8, 4) is 0 Å². The maximum absolute atomic E-state index is 13.2. The van der Waals surface area contributed by atoms with Crippen molar-refractivity contribution in [1.82, 2.24) is 5.32 Å². The highest BCUT2D eigenvalue weighted by atomic mass is 31.0. The molecule has 1 heterocycles. The first-order chi connectivity index (χ1) is 16.0. The minimum absolute atomic E-state index is 0.0524. The number of carbonyl (C=O) groups is 1. The van der Waals surface area contributed by atoms with Gasteiger partial charge < -0.3 is 10.4 Å². The highest BCUT2D eigenvalue weighted by Gasteiger charge is 2.27. The highest BCUT2D eigenvalue weighted by molar-refractivity contribution is 7.27. The Kier molecular flexibility index (Phi) is 7.18. The number of halogens is 1. The van der Waals surface area contributed by atoms with Crippen molar-refractivity contribution >= 4 is 38.2 Å². The number of hydrogen-bond donors (Lipinski definition) is 2. The molecule has 1 aliphatic rings. The van der Waals surface area contributed by atoms with Gasteiger partial charge in [0.2, 0.25) is 5.91 Å². The summed E-state index contributed by atoms with van der Waals surface area (Å²) < 4.78 is 13.2. The summed E-state index contributed by atoms with van der Waals surface area (Å²) in [6.45, 7) is 0. The molecule has 1 aliphatic heterocycles. The van der Waals surface area contributed by atoms with E-state index in [2.05, 4.69) is 24.5 Å². The zero-order valence-corrected chi connectivity index (χ0v) is 18.9. The van der Waals surface area contributed by atoms with Crippen molar-refractivity contribution < 1.29 is 14.3 Å². The Morgan fingerprint density at radius 3 is 2.42 bits per heavy atom. The van der Waals surface area contributed by atoms with Crippen molar-refractivity contribution in [1.29, 1.82) is 0 Å². The van der Waals surface area contributed by atoms with Crippen LogP contribution in [-0.2, 0) is 11.2 Å². The summed E-state index contributed by atoms with van der Waals surface area (Å²) in [6, 6.07) is 22.7. The SMILES string of the molecule is O=C(Cc1ccc(F)cc1)NC1=NC=C(c2ccc(P)cc2)N=CC1C(O)c1ccccc1. The Morgan fingerprint density at radius 2 is 1.73 bits per heavy atom. The van der Waals surface area contributed by atoms with Crippen LogP contribution in [-0.4, -0.2) is 23.1 Å². The van der Waals surface area contributed by atoms with Gasteiger partial charge in [-0.3, -0.25) is 9.79 Å². The van der Waals surface area contributed by atoms with Gasteiger partial charge in [-0.15, -0.1) is 9.24 Å². The number of benzene rings is 3. The van der Waals surface area contributed by atoms with Crippen molar-refractivity contribution in [3.63, 3.8) is 0 Å². The van der Waals surface area contributed by atoms with Gasteiger partial charge in [0.15, 0.2) is 0 Å². The molecule has 2 N–H and O–H groups in total. The standard InChI is InChI=1S/C26H23FN3O2P/c27-20-10-6-17(7-11-20)14-24(31)30-26-22(25(32)19-4-2-1-3-5-19)15-28-23(16-29-26)18-8-12-21(33)13-9-18/h1-13,15-16,22,25,32H,14,33H2,(H,29,30,31). The molecule has 0 spiro atoms. The second kappa shape index (κ2) is 10.4. The minimum atomic E-state index is -0.956. The molecule has 3 aromatic rings. The monoisotopic (exact) mass is 459 g/mol. The van der Waals surface area contributed by atoms with E-state index in [-0.39, 0.29) is 18.1 Å². The number of amides is 1. The second-order valence-corrected chi connectivity index (χ2v) is 8.33. The predicted molar refractivity (Wildman–Crippen MR) is 133 cm³/mol. The normalized spacial score (nSPS) is 16.4. The number of carbonyl (C=O) groups excluding carboxylic acids is 1. The van der Waals surface area contributed by atoms with E-state index in [1.807, 2.05) is 54.6 Å². The number of aliphatic hydroxyl groups is 1. The Labute approximate surface area is 194 Å². The van der Waals surface area contributed by atoms with Crippen LogP contribution in [0, 0.1) is 11.7 Å². The number of hydrogen-bond acceptors (Lipinski definition) is 4. The Hall–Kier alpha value is -3.47. The highest BCUT2D eigenvalue weighted by Crippen LogP contribution is 2.25. The van der Waals surface area contributed by atoms with Crippen molar-refractivity contribution in [2.75, 3.05) is 0 Å². The lowest BCUT2D eigenvalue weighted by Gasteiger charge is -2.21. The number of nitrogens with one attached hydrogen (secondary N) is 1. The van der Waals surface area contributed by atoms with Crippen LogP contribution < -0.4 is 10.6 Å². The summed E-state index contributed by atoms with van der Waals surface area (Å²) in [5, 5.41) is 14.9. The molecule has 7 heteroatoms. The molecule has 0 saturated heterocycles. The quantitative estimate of drug-likeness (QED) is 0.570. The molecule has 1 amide bonds. The molecule has 0 radical (unpaired) electrons. The van der Waals surface area contributed by atoms with E-state index in [4.69, 9.17) is 0 Å². The number of aliphatic hydroxyl groups excluding tert-OH is 1. The molecule has 3 aromatic carbocycles. The fourth-order valence-electron chi connectivity index (χ4n) is 3.46. The average molecular weight is 459 g/mol. The van der Waals surface area contributed by atoms with Crippen molar-refractivity contribution in [2.24, 2.45) is 15.9 Å². The van der Waals surface area contributed by atoms with E-state index in [0.717, 1.165) is 10.9 Å². The molecule has 33 heavy (non-hydrogen) atoms. The Balaban J connectivity index is 1.62. The van der Waals surface area contributed by atoms with E-state index in [1.165, 1.54) is 12.1 Å². The first-order valence-corrected chi connectivity index (χ1v) is 11.0. The lowest BCUT2D eigenvalue weighted by Crippen LogP contribution is -2.39. The average Bonchev–Trinajstić information content (AvgIpc) is 3.04. The largest absolute Gasteiger partial charge is 0.387 e. The molecule has 0 saturated carbocycles. The van der Waals surface area contributed by atoms with Gasteiger partial charge >= 0.3 is 0 Å². The molecular formula is C26H23FN3O2P. The van der Waals surface area contributed by atoms with E-state index in [0.29, 0.717) is 22.7 Å². The summed E-state index contributed by atoms with van der Waals surface area (Å²) in [7, 11) is 2.64. The van der Waals surface area contributed by atoms with Crippen LogP contribution in [0.3, 0.4) is 0 Å². The molecule has 166 valence electrons. The maximum atomic E-state index is 13.2. The molecule has 3 atom stereocenters. The summed E-state index contributed by atoms with van der Waals surface area (Å²) in [5.41, 5.74) is 2.84. The van der Waals surface area contributed by atoms with Crippen LogP contribution in [0.5, 0.6) is 0 Å². The lowest BCUT2D eigenvalue weighted by atomic mass is 9.95. The number of amidine groups is 1. The summed E-state index contributed by atoms with van der Waals surface area (Å²) >= 11 is 0. The molecular weight excluding hydrogens is 436 g/mol. The van der Waals surface area contributed by atoms with Crippen LogP contribution in [0.2, 0.25) is 0 Å². The predicted octanol–water partition coefficient (Wildman–Crippen LogP) is 3.82. The van der Waals surface area contributed by atoms with Crippen LogP contribution in [0.25, 0.3) is 5.70 Å². The van der Waals surface area contributed by atoms with Gasteiger partial charge in [0.1, 0.15) is 11.7 Å². The molecule has 0 fully saturated rings. The first-order valence-electron chi connectivity index (χ1n) is 10.4. The minimum Gasteiger partial charge on any atom is -0.387 e. The number of rotatable bonds is 5. The molecule has 0 aliphatic carbocycles. The fraction of sp³-hybridized carbons (Fsp3) is 0.115. The molecule has 4 rings (SSSR count). The van der Waals surface area contributed by atoms with Gasteiger partial charge in [-0.25, -0.2) is 9.38 Å². The molecule has 0 bridgehead atoms. The van der Waals surface area contributed by atoms with Crippen molar-refractivity contribution in [3.05, 3.63) is 108 Å². The summed E-state index contributed by atoms with van der Waals surface area (Å²) in [4.78, 5) is 21.8. The van der Waals surface area contributed by atoms with E-state index in [9.17, 15) is 14.3 Å². The maximum Gasteiger partial charge on any atom is 0.229 e. The van der Waals surface area contributed by atoms with Gasteiger partial charge in [-0.05, 0) is 28.6 Å². The third-order valence-corrected chi connectivity index (χ3v) is 5.63. The van der Waals surface area contributed by atoms with Crippen LogP contribution in [0.15, 0.2) is 95.0 Å². The first kappa shape index (κ1) is 22.7. The molecule has 3 unspecified atom stereocenters. The number of aliphatic imine (C=N–C) groups is 2. The third kappa shape index (κ3) is 5.86. The summed E-state index contributed by atoms with van der Waals surface area (Å²) in [6.07, 6.45) is 2.29. The van der Waals surface area contributed by atoms with E-state index >= 15 is 0 Å². The zero-order valence-electron chi connectivity index (χ0n) is 17.7. The smallest absolute Gasteiger partial charge is 0.229 e. The lowest BCUT2D eigenvalue weighted by molar-refractivity contribution is -0.119. The van der Waals surface area contributed by atoms with Gasteiger partial charge in [-0.1, -0.05) is 66.7 Å².